The van der Waals surface area contributed by atoms with Gasteiger partial charge in [-0.2, -0.15) is 15.0 Å². The molecule has 1 amide bonds. The van der Waals surface area contributed by atoms with Gasteiger partial charge in [-0.15, -0.1) is 0 Å². The van der Waals surface area contributed by atoms with Gasteiger partial charge in [-0.05, 0) is 55.0 Å². The van der Waals surface area contributed by atoms with Crippen LogP contribution in [0.15, 0.2) is 24.3 Å². The Morgan fingerprint density at radius 3 is 2.56 bits per heavy atom. The smallest absolute Gasteiger partial charge is 0.414 e. The van der Waals surface area contributed by atoms with Crippen molar-refractivity contribution in [2.45, 2.75) is 51.6 Å². The molecular weight excluding hydrogens is 460 g/mol. The van der Waals surface area contributed by atoms with E-state index in [-0.39, 0.29) is 23.7 Å². The number of rotatable bonds is 8. The molecule has 1 saturated heterocycles. The lowest BCUT2D eigenvalue weighted by Crippen LogP contribution is -2.43. The number of ether oxygens (including phenoxy) is 1. The van der Waals surface area contributed by atoms with Crippen molar-refractivity contribution >= 4 is 35.6 Å². The molecule has 34 heavy (non-hydrogen) atoms. The third-order valence-corrected chi connectivity index (χ3v) is 6.11. The molecule has 1 fully saturated rings. The first-order chi connectivity index (χ1) is 16.2. The van der Waals surface area contributed by atoms with Gasteiger partial charge in [-0.3, -0.25) is 0 Å². The van der Waals surface area contributed by atoms with Crippen LogP contribution in [0, 0.1) is 5.92 Å². The molecule has 0 radical (unpaired) electrons. The number of hydrogen-bond acceptors (Lipinski definition) is 8. The Morgan fingerprint density at radius 2 is 1.94 bits per heavy atom. The molecule has 0 saturated carbocycles. The maximum atomic E-state index is 11.9. The Morgan fingerprint density at radius 1 is 1.24 bits per heavy atom. The van der Waals surface area contributed by atoms with Crippen molar-refractivity contribution in [3.8, 4) is 5.75 Å². The van der Waals surface area contributed by atoms with E-state index in [0.717, 1.165) is 31.4 Å². The zero-order valence-electron chi connectivity index (χ0n) is 19.9. The van der Waals surface area contributed by atoms with E-state index in [1.54, 1.807) is 38.4 Å². The molecule has 0 spiro atoms. The van der Waals surface area contributed by atoms with Crippen molar-refractivity contribution in [3.63, 3.8) is 0 Å². The van der Waals surface area contributed by atoms with E-state index in [1.807, 2.05) is 0 Å². The van der Waals surface area contributed by atoms with Crippen LogP contribution in [0.2, 0.25) is 5.28 Å². The number of halogens is 1. The molecular formula is C23H31ClN6O4. The van der Waals surface area contributed by atoms with Crippen LogP contribution in [0.25, 0.3) is 0 Å². The largest absolute Gasteiger partial charge is 0.480 e. The highest BCUT2D eigenvalue weighted by molar-refractivity contribution is 6.28. The molecule has 2 aromatic rings. The highest BCUT2D eigenvalue weighted by atomic mass is 35.5. The van der Waals surface area contributed by atoms with Gasteiger partial charge in [0.1, 0.15) is 11.8 Å². The van der Waals surface area contributed by atoms with Crippen LogP contribution >= 0.6 is 11.6 Å². The minimum atomic E-state index is -1.06. The minimum Gasteiger partial charge on any atom is -0.480 e. The molecule has 10 nitrogen and oxygen atoms in total. The third-order valence-electron chi connectivity index (χ3n) is 5.95. The van der Waals surface area contributed by atoms with Gasteiger partial charge >= 0.3 is 12.1 Å². The number of hydrogen-bond donors (Lipinski definition) is 2. The highest BCUT2D eigenvalue weighted by Gasteiger charge is 2.28. The first-order valence-corrected chi connectivity index (χ1v) is 11.7. The lowest BCUT2D eigenvalue weighted by molar-refractivity contribution is -0.137. The summed E-state index contributed by atoms with van der Waals surface area (Å²) in [6, 6.07) is 5.92. The summed E-state index contributed by atoms with van der Waals surface area (Å²) in [7, 11) is 3.18. The number of carboxylic acids is 1. The van der Waals surface area contributed by atoms with E-state index >= 15 is 0 Å². The predicted octanol–water partition coefficient (Wildman–Crippen LogP) is 3.71. The molecule has 1 aromatic heterocycles. The lowest BCUT2D eigenvalue weighted by atomic mass is 9.92. The number of aliphatic carboxylic acids is 1. The number of carboxylic acid groups (broad SMARTS) is 1. The summed E-state index contributed by atoms with van der Waals surface area (Å²) in [6.07, 6.45) is 2.93. The number of benzene rings is 1. The zero-order valence-corrected chi connectivity index (χ0v) is 20.6. The van der Waals surface area contributed by atoms with E-state index in [2.05, 4.69) is 39.0 Å². The second-order valence-corrected chi connectivity index (χ2v) is 9.06. The molecule has 184 valence electrons. The molecule has 0 aliphatic carbocycles. The second kappa shape index (κ2) is 11.3. The highest BCUT2D eigenvalue weighted by Crippen LogP contribution is 2.28. The lowest BCUT2D eigenvalue weighted by Gasteiger charge is -2.37. The van der Waals surface area contributed by atoms with E-state index in [0.29, 0.717) is 17.6 Å². The molecule has 2 heterocycles. The van der Waals surface area contributed by atoms with Crippen LogP contribution in [0.5, 0.6) is 5.75 Å². The van der Waals surface area contributed by atoms with Crippen molar-refractivity contribution in [2.75, 3.05) is 30.9 Å². The van der Waals surface area contributed by atoms with Crippen LogP contribution in [-0.2, 0) is 11.2 Å². The second-order valence-electron chi connectivity index (χ2n) is 8.73. The predicted molar refractivity (Wildman–Crippen MR) is 130 cm³/mol. The summed E-state index contributed by atoms with van der Waals surface area (Å²) in [6.45, 7) is 5.11. The van der Waals surface area contributed by atoms with Gasteiger partial charge in [0, 0.05) is 33.1 Å². The number of amides is 1. The summed E-state index contributed by atoms with van der Waals surface area (Å²) < 4.78 is 5.20. The quantitative estimate of drug-likeness (QED) is 0.570. The van der Waals surface area contributed by atoms with E-state index in [1.165, 1.54) is 4.90 Å². The average molecular weight is 491 g/mol. The van der Waals surface area contributed by atoms with Crippen molar-refractivity contribution in [2.24, 2.45) is 5.92 Å². The van der Waals surface area contributed by atoms with Crippen LogP contribution in [-0.4, -0.2) is 69.7 Å². The maximum absolute atomic E-state index is 11.9. The van der Waals surface area contributed by atoms with Crippen LogP contribution in [0.1, 0.15) is 38.7 Å². The monoisotopic (exact) mass is 490 g/mol. The Balaban J connectivity index is 1.73. The number of carbonyl (C=O) groups is 2. The van der Waals surface area contributed by atoms with Crippen LogP contribution in [0.4, 0.5) is 16.7 Å². The number of aromatic nitrogens is 3. The van der Waals surface area contributed by atoms with Gasteiger partial charge in [0.15, 0.2) is 0 Å². The van der Waals surface area contributed by atoms with Gasteiger partial charge in [0.05, 0.1) is 0 Å². The minimum absolute atomic E-state index is 0.00882. The average Bonchev–Trinajstić information content (AvgIpc) is 2.79. The standard InChI is InChI=1S/C23H31ClN6O4/c1-5-15-7-6-14(2)30(13-15)22-27-20(24)26-21(28-22)25-18(19(31)32)12-16-8-10-17(11-9-16)34-23(33)29(3)4/h8-11,14-15,18H,5-7,12-13H2,1-4H3,(H,31,32)(H,25,26,27,28)/t14?,15?,18-/m0/s1. The van der Waals surface area contributed by atoms with Gasteiger partial charge in [0.2, 0.25) is 17.2 Å². The Bertz CT molecular complexity index is 1000. The number of piperidine rings is 1. The first-order valence-electron chi connectivity index (χ1n) is 11.3. The summed E-state index contributed by atoms with van der Waals surface area (Å²) in [5, 5.41) is 12.7. The van der Waals surface area contributed by atoms with Crippen molar-refractivity contribution in [1.29, 1.82) is 0 Å². The van der Waals surface area contributed by atoms with Crippen molar-refractivity contribution < 1.29 is 19.4 Å². The first kappa shape index (κ1) is 25.5. The van der Waals surface area contributed by atoms with Gasteiger partial charge in [-0.1, -0.05) is 25.5 Å². The number of nitrogens with one attached hydrogen (secondary N) is 1. The summed E-state index contributed by atoms with van der Waals surface area (Å²) in [5.74, 6) is 0.430. The fourth-order valence-electron chi connectivity index (χ4n) is 3.80. The molecule has 3 atom stereocenters. The molecule has 1 aliphatic rings. The number of nitrogens with zero attached hydrogens (tertiary/aromatic N) is 5. The summed E-state index contributed by atoms with van der Waals surface area (Å²) >= 11 is 6.17. The summed E-state index contributed by atoms with van der Waals surface area (Å²) in [4.78, 5) is 39.9. The summed E-state index contributed by atoms with van der Waals surface area (Å²) in [5.41, 5.74) is 0.736. The molecule has 11 heteroatoms. The molecule has 2 unspecified atom stereocenters. The van der Waals surface area contributed by atoms with Crippen LogP contribution in [0.3, 0.4) is 0 Å². The SMILES string of the molecule is CCC1CCC(C)N(c2nc(Cl)nc(N[C@@H](Cc3ccc(OC(=O)N(C)C)cc3)C(=O)O)n2)C1. The third kappa shape index (κ3) is 6.69. The van der Waals surface area contributed by atoms with Gasteiger partial charge < -0.3 is 25.0 Å². The number of anilines is 2. The molecule has 3 rings (SSSR count). The van der Waals surface area contributed by atoms with Crippen molar-refractivity contribution in [1.82, 2.24) is 19.9 Å². The maximum Gasteiger partial charge on any atom is 0.414 e. The van der Waals surface area contributed by atoms with Gasteiger partial charge in [0.25, 0.3) is 0 Å². The van der Waals surface area contributed by atoms with E-state index in [4.69, 9.17) is 16.3 Å². The normalized spacial score (nSPS) is 18.8. The molecule has 0 bridgehead atoms. The van der Waals surface area contributed by atoms with E-state index in [9.17, 15) is 14.7 Å². The fraction of sp³-hybridized carbons (Fsp3) is 0.522. The Kier molecular flexibility index (Phi) is 8.49. The van der Waals surface area contributed by atoms with Gasteiger partial charge in [-0.25, -0.2) is 9.59 Å². The van der Waals surface area contributed by atoms with Crippen LogP contribution < -0.4 is 15.0 Å². The zero-order chi connectivity index (χ0) is 24.8. The molecule has 2 N–H and O–H groups in total. The van der Waals surface area contributed by atoms with E-state index < -0.39 is 18.1 Å². The Labute approximate surface area is 204 Å². The molecule has 1 aromatic carbocycles. The fourth-order valence-corrected chi connectivity index (χ4v) is 3.96. The van der Waals surface area contributed by atoms with Crippen molar-refractivity contribution in [3.05, 3.63) is 35.1 Å². The topological polar surface area (TPSA) is 121 Å². The molecule has 1 aliphatic heterocycles. The Hall–Kier alpha value is -3.14. The number of carbonyl (C=O) groups excluding carboxylic acids is 1.